The Morgan fingerprint density at radius 2 is 0.463 bits per heavy atom. The minimum atomic E-state index is -0.864. The minimum Gasteiger partial charge on any atom is -0.490 e. The third-order valence-electron chi connectivity index (χ3n) is 18.4. The third-order valence-corrected chi connectivity index (χ3v) is 18.4. The highest BCUT2D eigenvalue weighted by atomic mass is 16.6. The molecular weight excluding hydrogens is 1360 g/mol. The molecule has 0 atom stereocenters. The second-order valence-corrected chi connectivity index (χ2v) is 27.4. The second-order valence-electron chi connectivity index (χ2n) is 27.4. The minimum absolute atomic E-state index is 0.230. The van der Waals surface area contributed by atoms with Crippen molar-refractivity contribution in [1.29, 1.82) is 0 Å². The van der Waals surface area contributed by atoms with Crippen molar-refractivity contribution in [3.8, 4) is 51.7 Å². The Kier molecular flexibility index (Phi) is 39.5. The first-order chi connectivity index (χ1) is 52.9. The molecule has 18 nitrogen and oxygen atoms in total. The molecule has 0 unspecified atom stereocenters. The zero-order chi connectivity index (χ0) is 76.8. The molecule has 0 heterocycles. The zero-order valence-electron chi connectivity index (χ0n) is 64.9. The summed E-state index contributed by atoms with van der Waals surface area (Å²) in [6.07, 6.45) is 36.1. The fraction of sp³-hybridized carbons (Fsp3) is 0.467. The van der Waals surface area contributed by atoms with Gasteiger partial charge in [-0.05, 0) is 166 Å². The van der Waals surface area contributed by atoms with Crippen LogP contribution in [0.25, 0.3) is 0 Å². The molecule has 0 bridgehead atoms. The van der Waals surface area contributed by atoms with E-state index in [2.05, 4.69) is 57.5 Å². The Hall–Kier alpha value is -9.84. The molecule has 7 rings (SSSR count). The number of ether oxygens (including phenoxy) is 9. The molecule has 0 amide bonds. The number of ketones is 3. The lowest BCUT2D eigenvalue weighted by Gasteiger charge is -2.18. The Labute approximate surface area is 641 Å². The van der Waals surface area contributed by atoms with Gasteiger partial charge in [-0.25, -0.2) is 14.4 Å². The molecule has 1 saturated carbocycles. The molecule has 1 fully saturated rings. The molecule has 0 spiro atoms. The Balaban J connectivity index is 1.07. The van der Waals surface area contributed by atoms with Crippen molar-refractivity contribution in [3.63, 3.8) is 0 Å². The monoisotopic (exact) mass is 1480 g/mol. The topological polar surface area (TPSA) is 222 Å². The third kappa shape index (κ3) is 30.1. The second kappa shape index (κ2) is 49.9. The normalized spacial score (nSPS) is 11.9. The lowest BCUT2D eigenvalue weighted by molar-refractivity contribution is -0.124. The van der Waals surface area contributed by atoms with Crippen molar-refractivity contribution >= 4 is 52.3 Å². The van der Waals surface area contributed by atoms with Crippen molar-refractivity contribution in [1.82, 2.24) is 0 Å². The van der Waals surface area contributed by atoms with E-state index in [0.717, 1.165) is 154 Å². The van der Waals surface area contributed by atoms with Gasteiger partial charge in [0, 0.05) is 35.7 Å². The highest BCUT2D eigenvalue weighted by Crippen LogP contribution is 2.35. The molecule has 18 heteroatoms. The van der Waals surface area contributed by atoms with Gasteiger partial charge in [0.05, 0.1) is 73.1 Å². The van der Waals surface area contributed by atoms with E-state index in [4.69, 9.17) is 42.6 Å². The van der Waals surface area contributed by atoms with Crippen LogP contribution in [0.15, 0.2) is 163 Å². The van der Waals surface area contributed by atoms with Crippen LogP contribution in [0.4, 0.5) is 17.1 Å². The van der Waals surface area contributed by atoms with Crippen molar-refractivity contribution in [3.05, 3.63) is 179 Å². The van der Waals surface area contributed by atoms with Crippen LogP contribution in [0.3, 0.4) is 0 Å². The fourth-order valence-corrected chi connectivity index (χ4v) is 11.9. The van der Waals surface area contributed by atoms with E-state index in [9.17, 15) is 28.8 Å². The number of rotatable bonds is 54. The van der Waals surface area contributed by atoms with Gasteiger partial charge in [-0.2, -0.15) is 0 Å². The number of hydrogen-bond acceptors (Lipinski definition) is 18. The quantitative estimate of drug-likeness (QED) is 0.0106. The molecule has 582 valence electrons. The Morgan fingerprint density at radius 1 is 0.259 bits per heavy atom. The molecule has 0 radical (unpaired) electrons. The zero-order valence-corrected chi connectivity index (χ0v) is 64.9. The summed E-state index contributed by atoms with van der Waals surface area (Å²) in [4.78, 5) is 84.4. The van der Waals surface area contributed by atoms with Gasteiger partial charge >= 0.3 is 17.9 Å². The van der Waals surface area contributed by atoms with E-state index < -0.39 is 35.3 Å². The first-order valence-electron chi connectivity index (χ1n) is 40.1. The number of hydrogen-bond donors (Lipinski definition) is 3. The van der Waals surface area contributed by atoms with Crippen molar-refractivity contribution < 1.29 is 71.4 Å². The van der Waals surface area contributed by atoms with Crippen LogP contribution in [-0.4, -0.2) is 74.9 Å². The first kappa shape index (κ1) is 85.4. The SMILES string of the molecule is CCCCCCCOc1ccc(C(=O)Oc2ccc(NC=C3C(=O)C(=CNc4ccc(OC(=O)c5ccc(OCCCCCCC)c(OCCCCCCC)c5)cc4)C(=O)C(=CNc4ccc(OC(=O)c5ccc(OCCCCCCC)c(OCCCCCCC)c5)cc4)C3=O)cc2)cc1OCCCCCCC. The number of benzene rings is 6. The van der Waals surface area contributed by atoms with E-state index in [1.54, 1.807) is 127 Å². The van der Waals surface area contributed by atoms with Gasteiger partial charge in [0.1, 0.15) is 17.2 Å². The summed E-state index contributed by atoms with van der Waals surface area (Å²) in [6, 6.07) is 34.2. The highest BCUT2D eigenvalue weighted by Gasteiger charge is 2.39. The molecule has 0 aromatic heterocycles. The smallest absolute Gasteiger partial charge is 0.343 e. The van der Waals surface area contributed by atoms with Gasteiger partial charge in [0.25, 0.3) is 0 Å². The van der Waals surface area contributed by atoms with Crippen LogP contribution in [0.1, 0.15) is 265 Å². The van der Waals surface area contributed by atoms with E-state index >= 15 is 0 Å². The molecule has 108 heavy (non-hydrogen) atoms. The lowest BCUT2D eigenvalue weighted by atomic mass is 9.84. The van der Waals surface area contributed by atoms with Crippen LogP contribution in [0, 0.1) is 0 Å². The first-order valence-corrected chi connectivity index (χ1v) is 40.1. The van der Waals surface area contributed by atoms with Crippen LogP contribution in [0.2, 0.25) is 0 Å². The number of allylic oxidation sites excluding steroid dienone is 3. The number of carbonyl (C=O) groups excluding carboxylic acids is 6. The summed E-state index contributed by atoms with van der Waals surface area (Å²) in [5.74, 6) is -0.574. The van der Waals surface area contributed by atoms with Crippen molar-refractivity contribution in [2.75, 3.05) is 55.6 Å². The van der Waals surface area contributed by atoms with Gasteiger partial charge in [0.15, 0.2) is 34.5 Å². The molecule has 3 N–H and O–H groups in total. The van der Waals surface area contributed by atoms with Crippen molar-refractivity contribution in [2.45, 2.75) is 234 Å². The van der Waals surface area contributed by atoms with E-state index in [1.165, 1.54) is 57.1 Å². The maximum absolute atomic E-state index is 14.5. The number of esters is 3. The summed E-state index contributed by atoms with van der Waals surface area (Å²) in [5.41, 5.74) is 1.03. The van der Waals surface area contributed by atoms with Crippen LogP contribution in [-0.2, 0) is 14.4 Å². The molecule has 0 aliphatic heterocycles. The number of nitrogens with one attached hydrogen (secondary N) is 3. The summed E-state index contributed by atoms with van der Waals surface area (Å²) in [7, 11) is 0. The predicted octanol–water partition coefficient (Wildman–Crippen LogP) is 22.4. The average molecular weight is 1480 g/mol. The van der Waals surface area contributed by atoms with E-state index in [1.807, 2.05) is 0 Å². The predicted molar refractivity (Wildman–Crippen MR) is 429 cm³/mol. The molecule has 1 aliphatic rings. The maximum Gasteiger partial charge on any atom is 0.343 e. The summed E-state index contributed by atoms with van der Waals surface area (Å²) >= 11 is 0. The Bertz CT molecular complexity index is 3410. The molecule has 0 saturated heterocycles. The fourth-order valence-electron chi connectivity index (χ4n) is 11.9. The number of carbonyl (C=O) groups is 6. The summed E-state index contributed by atoms with van der Waals surface area (Å²) < 4.78 is 54.5. The van der Waals surface area contributed by atoms with Gasteiger partial charge < -0.3 is 58.6 Å². The maximum atomic E-state index is 14.5. The highest BCUT2D eigenvalue weighted by molar-refractivity contribution is 6.51. The summed E-state index contributed by atoms with van der Waals surface area (Å²) in [6.45, 7) is 16.1. The van der Waals surface area contributed by atoms with E-state index in [-0.39, 0.29) is 50.7 Å². The van der Waals surface area contributed by atoms with Crippen molar-refractivity contribution in [2.24, 2.45) is 0 Å². The Morgan fingerprint density at radius 3 is 0.676 bits per heavy atom. The average Bonchev–Trinajstić information content (AvgIpc) is 0.780. The van der Waals surface area contributed by atoms with Crippen LogP contribution >= 0.6 is 0 Å². The van der Waals surface area contributed by atoms with Gasteiger partial charge in [-0.1, -0.05) is 196 Å². The van der Waals surface area contributed by atoms with Gasteiger partial charge in [-0.3, -0.25) is 14.4 Å². The largest absolute Gasteiger partial charge is 0.490 e. The number of anilines is 3. The number of Topliss-reactive ketones (excluding diaryl/α,β-unsaturated/α-hetero) is 3. The van der Waals surface area contributed by atoms with Crippen LogP contribution < -0.4 is 58.6 Å². The van der Waals surface area contributed by atoms with Gasteiger partial charge in [0.2, 0.25) is 17.3 Å². The molecular formula is C90H117N3O15. The number of unbranched alkanes of at least 4 members (excludes halogenated alkanes) is 24. The molecule has 6 aromatic carbocycles. The molecule has 6 aromatic rings. The van der Waals surface area contributed by atoms with Crippen LogP contribution in [0.5, 0.6) is 51.7 Å². The molecule has 1 aliphatic carbocycles. The lowest BCUT2D eigenvalue weighted by Crippen LogP contribution is -2.33. The van der Waals surface area contributed by atoms with Gasteiger partial charge in [-0.15, -0.1) is 0 Å². The standard InChI is InChI=1S/C90H117N3O15/c1-7-13-19-25-31-55-100-79-52-37-67(61-82(79)103-58-34-28-22-16-10-4)88(97)106-73-46-40-70(41-47-73)91-64-76-85(94)77(65-92-71-42-48-74(49-43-71)107-89(98)68-38-53-80(101-56-32-26-20-14-8-2)83(62-68)104-59-35-29-23-17-11-5)87(96)78(86(76)95)66-93-72-44-50-75(51-45-72)108-90(99)69-39-54-81(102-57-33-27-21-15-9-3)84(63-69)105-60-36-30-24-18-12-6/h37-54,61-66,91-93H,7-36,55-60H2,1-6H3. The van der Waals surface area contributed by atoms with E-state index in [0.29, 0.717) is 91.2 Å². The summed E-state index contributed by atoms with van der Waals surface area (Å²) in [5, 5.41) is 9.07.